The Balaban J connectivity index is 1.87. The minimum absolute atomic E-state index is 0.536. The van der Waals surface area contributed by atoms with E-state index in [2.05, 4.69) is 10.1 Å². The summed E-state index contributed by atoms with van der Waals surface area (Å²) in [7, 11) is 0. The van der Waals surface area contributed by atoms with Gasteiger partial charge in [0.15, 0.2) is 5.82 Å². The molecular weight excluding hydrogens is 250 g/mol. The van der Waals surface area contributed by atoms with Gasteiger partial charge in [0.05, 0.1) is 0 Å². The molecule has 0 radical (unpaired) electrons. The Bertz CT molecular complexity index is 720. The number of rotatable bonds is 3. The van der Waals surface area contributed by atoms with Crippen LogP contribution in [-0.2, 0) is 6.42 Å². The zero-order valence-corrected chi connectivity index (χ0v) is 11.2. The van der Waals surface area contributed by atoms with Crippen LogP contribution in [0.2, 0.25) is 0 Å². The average Bonchev–Trinajstić information content (AvgIpc) is 2.88. The van der Waals surface area contributed by atoms with Crippen LogP contribution in [0.25, 0.3) is 11.5 Å². The van der Waals surface area contributed by atoms with Crippen molar-refractivity contribution in [2.24, 2.45) is 0 Å². The summed E-state index contributed by atoms with van der Waals surface area (Å²) in [6.07, 6.45) is 0.665. The summed E-state index contributed by atoms with van der Waals surface area (Å²) in [4.78, 5) is 4.45. The quantitative estimate of drug-likeness (QED) is 0.738. The van der Waals surface area contributed by atoms with Gasteiger partial charge in [0.2, 0.25) is 0 Å². The van der Waals surface area contributed by atoms with Gasteiger partial charge in [-0.2, -0.15) is 4.98 Å². The summed E-state index contributed by atoms with van der Waals surface area (Å²) >= 11 is 0. The van der Waals surface area contributed by atoms with Gasteiger partial charge in [-0.3, -0.25) is 0 Å². The number of benzene rings is 2. The molecule has 100 valence electrons. The second kappa shape index (κ2) is 5.17. The number of hydrogen-bond donors (Lipinski definition) is 1. The van der Waals surface area contributed by atoms with Crippen LogP contribution in [0.15, 0.2) is 53.1 Å². The molecule has 4 nitrogen and oxygen atoms in total. The van der Waals surface area contributed by atoms with Crippen molar-refractivity contribution in [1.82, 2.24) is 10.1 Å². The number of nitrogens with two attached hydrogens (primary N) is 1. The highest BCUT2D eigenvalue weighted by molar-refractivity contribution is 5.62. The maximum absolute atomic E-state index is 5.75. The molecule has 3 aromatic rings. The molecule has 0 saturated heterocycles. The topological polar surface area (TPSA) is 64.9 Å². The first-order chi connectivity index (χ1) is 9.72. The molecule has 2 aromatic carbocycles. The number of nitrogen functional groups attached to an aromatic ring is 1. The SMILES string of the molecule is Cc1cc(N)ccc1-c1nc(Cc2ccccc2)no1. The van der Waals surface area contributed by atoms with Crippen molar-refractivity contribution in [1.29, 1.82) is 0 Å². The molecule has 0 unspecified atom stereocenters. The van der Waals surface area contributed by atoms with Crippen LogP contribution in [0.4, 0.5) is 5.69 Å². The Labute approximate surface area is 117 Å². The Morgan fingerprint density at radius 1 is 1.10 bits per heavy atom. The van der Waals surface area contributed by atoms with E-state index in [1.54, 1.807) is 0 Å². The van der Waals surface area contributed by atoms with E-state index >= 15 is 0 Å². The minimum Gasteiger partial charge on any atom is -0.399 e. The van der Waals surface area contributed by atoms with Crippen molar-refractivity contribution in [3.63, 3.8) is 0 Å². The van der Waals surface area contributed by atoms with Crippen LogP contribution in [0.3, 0.4) is 0 Å². The van der Waals surface area contributed by atoms with Crippen molar-refractivity contribution in [2.75, 3.05) is 5.73 Å². The fourth-order valence-electron chi connectivity index (χ4n) is 2.14. The molecule has 0 amide bonds. The Hall–Kier alpha value is -2.62. The molecule has 0 saturated carbocycles. The predicted octanol–water partition coefficient (Wildman–Crippen LogP) is 3.22. The van der Waals surface area contributed by atoms with E-state index in [4.69, 9.17) is 10.3 Å². The van der Waals surface area contributed by atoms with Crippen molar-refractivity contribution >= 4 is 5.69 Å². The van der Waals surface area contributed by atoms with E-state index < -0.39 is 0 Å². The number of hydrogen-bond acceptors (Lipinski definition) is 4. The average molecular weight is 265 g/mol. The Kier molecular flexibility index (Phi) is 3.21. The molecule has 1 aromatic heterocycles. The van der Waals surface area contributed by atoms with Gasteiger partial charge >= 0.3 is 0 Å². The highest BCUT2D eigenvalue weighted by Crippen LogP contribution is 2.23. The first kappa shape index (κ1) is 12.4. The largest absolute Gasteiger partial charge is 0.399 e. The zero-order chi connectivity index (χ0) is 13.9. The van der Waals surface area contributed by atoms with Crippen LogP contribution >= 0.6 is 0 Å². The lowest BCUT2D eigenvalue weighted by Crippen LogP contribution is -1.91. The van der Waals surface area contributed by atoms with E-state index in [1.807, 2.05) is 55.5 Å². The van der Waals surface area contributed by atoms with Crippen molar-refractivity contribution in [3.05, 3.63) is 65.5 Å². The number of nitrogens with zero attached hydrogens (tertiary/aromatic N) is 2. The van der Waals surface area contributed by atoms with Gasteiger partial charge in [0.25, 0.3) is 5.89 Å². The number of aryl methyl sites for hydroxylation is 1. The highest BCUT2D eigenvalue weighted by Gasteiger charge is 2.11. The van der Waals surface area contributed by atoms with Crippen LogP contribution < -0.4 is 5.73 Å². The fraction of sp³-hybridized carbons (Fsp3) is 0.125. The molecule has 0 atom stereocenters. The van der Waals surface area contributed by atoms with Gasteiger partial charge in [-0.05, 0) is 36.2 Å². The molecule has 0 bridgehead atoms. The highest BCUT2D eigenvalue weighted by atomic mass is 16.5. The molecule has 2 N–H and O–H groups in total. The van der Waals surface area contributed by atoms with Gasteiger partial charge in [0, 0.05) is 17.7 Å². The van der Waals surface area contributed by atoms with Gasteiger partial charge in [-0.1, -0.05) is 35.5 Å². The summed E-state index contributed by atoms with van der Waals surface area (Å²) in [5.41, 5.74) is 9.59. The Morgan fingerprint density at radius 2 is 1.90 bits per heavy atom. The molecule has 3 rings (SSSR count). The fourth-order valence-corrected chi connectivity index (χ4v) is 2.14. The van der Waals surface area contributed by atoms with Crippen molar-refractivity contribution in [3.8, 4) is 11.5 Å². The molecule has 1 heterocycles. The molecular formula is C16H15N3O. The number of anilines is 1. The lowest BCUT2D eigenvalue weighted by Gasteiger charge is -2.01. The smallest absolute Gasteiger partial charge is 0.258 e. The maximum Gasteiger partial charge on any atom is 0.258 e. The monoisotopic (exact) mass is 265 g/mol. The van der Waals surface area contributed by atoms with Gasteiger partial charge < -0.3 is 10.3 Å². The Morgan fingerprint density at radius 3 is 2.65 bits per heavy atom. The summed E-state index contributed by atoms with van der Waals surface area (Å²) in [6, 6.07) is 15.7. The minimum atomic E-state index is 0.536. The van der Waals surface area contributed by atoms with Gasteiger partial charge in [-0.25, -0.2) is 0 Å². The van der Waals surface area contributed by atoms with Gasteiger partial charge in [-0.15, -0.1) is 0 Å². The van der Waals surface area contributed by atoms with E-state index in [0.29, 0.717) is 18.1 Å². The normalized spacial score (nSPS) is 10.7. The summed E-state index contributed by atoms with van der Waals surface area (Å²) in [5.74, 6) is 1.22. The molecule has 0 aliphatic rings. The second-order valence-corrected chi connectivity index (χ2v) is 4.75. The lowest BCUT2D eigenvalue weighted by molar-refractivity contribution is 0.423. The second-order valence-electron chi connectivity index (χ2n) is 4.75. The summed E-state index contributed by atoms with van der Waals surface area (Å²) < 4.78 is 5.34. The standard InChI is InChI=1S/C16H15N3O/c1-11-9-13(17)7-8-14(11)16-18-15(19-20-16)10-12-5-3-2-4-6-12/h2-9H,10,17H2,1H3. The predicted molar refractivity (Wildman–Crippen MR) is 78.1 cm³/mol. The third-order valence-corrected chi connectivity index (χ3v) is 3.15. The third-order valence-electron chi connectivity index (χ3n) is 3.15. The number of aromatic nitrogens is 2. The van der Waals surface area contributed by atoms with E-state index in [0.717, 1.165) is 22.4 Å². The molecule has 0 aliphatic carbocycles. The maximum atomic E-state index is 5.75. The van der Waals surface area contributed by atoms with Crippen molar-refractivity contribution in [2.45, 2.75) is 13.3 Å². The zero-order valence-electron chi connectivity index (χ0n) is 11.2. The van der Waals surface area contributed by atoms with Crippen LogP contribution in [0, 0.1) is 6.92 Å². The summed E-state index contributed by atoms with van der Waals surface area (Å²) in [6.45, 7) is 1.98. The molecule has 0 fully saturated rings. The van der Waals surface area contributed by atoms with E-state index in [-0.39, 0.29) is 0 Å². The molecule has 4 heteroatoms. The first-order valence-electron chi connectivity index (χ1n) is 6.45. The molecule has 0 aliphatic heterocycles. The van der Waals surface area contributed by atoms with Crippen LogP contribution in [0.1, 0.15) is 17.0 Å². The van der Waals surface area contributed by atoms with Crippen LogP contribution in [-0.4, -0.2) is 10.1 Å². The summed E-state index contributed by atoms with van der Waals surface area (Å²) in [5, 5.41) is 4.03. The third kappa shape index (κ3) is 2.54. The van der Waals surface area contributed by atoms with Crippen LogP contribution in [0.5, 0.6) is 0 Å². The van der Waals surface area contributed by atoms with E-state index in [9.17, 15) is 0 Å². The molecule has 0 spiro atoms. The lowest BCUT2D eigenvalue weighted by atomic mass is 10.1. The van der Waals surface area contributed by atoms with Gasteiger partial charge in [0.1, 0.15) is 0 Å². The molecule has 20 heavy (non-hydrogen) atoms. The van der Waals surface area contributed by atoms with Crippen molar-refractivity contribution < 1.29 is 4.52 Å². The van der Waals surface area contributed by atoms with E-state index in [1.165, 1.54) is 0 Å². The first-order valence-corrected chi connectivity index (χ1v) is 6.45.